The summed E-state index contributed by atoms with van der Waals surface area (Å²) in [5.74, 6) is 0.516. The SMILES string of the molecule is C=C(N=C(/C=C\C)c1cccc(C(C)C)c1)/C(C)=C/C. The first kappa shape index (κ1) is 16.2. The van der Waals surface area contributed by atoms with E-state index in [1.807, 2.05) is 39.0 Å². The van der Waals surface area contributed by atoms with Gasteiger partial charge in [-0.15, -0.1) is 0 Å². The summed E-state index contributed by atoms with van der Waals surface area (Å²) in [7, 11) is 0. The number of allylic oxidation sites excluding steroid dienone is 4. The molecule has 20 heavy (non-hydrogen) atoms. The van der Waals surface area contributed by atoms with E-state index in [2.05, 4.69) is 49.7 Å². The molecule has 0 bridgehead atoms. The molecule has 106 valence electrons. The quantitative estimate of drug-likeness (QED) is 0.482. The minimum Gasteiger partial charge on any atom is -0.249 e. The monoisotopic (exact) mass is 267 g/mol. The Morgan fingerprint density at radius 3 is 2.50 bits per heavy atom. The van der Waals surface area contributed by atoms with Gasteiger partial charge in [-0.25, -0.2) is 4.99 Å². The molecule has 0 aromatic heterocycles. The second-order valence-corrected chi connectivity index (χ2v) is 5.20. The van der Waals surface area contributed by atoms with Gasteiger partial charge in [-0.1, -0.05) is 50.8 Å². The van der Waals surface area contributed by atoms with Crippen LogP contribution >= 0.6 is 0 Å². The molecule has 1 nitrogen and oxygen atoms in total. The zero-order valence-corrected chi connectivity index (χ0v) is 13.3. The molecule has 0 spiro atoms. The largest absolute Gasteiger partial charge is 0.249 e. The van der Waals surface area contributed by atoms with Gasteiger partial charge in [0.25, 0.3) is 0 Å². The third-order valence-corrected chi connectivity index (χ3v) is 3.32. The third kappa shape index (κ3) is 4.34. The molecule has 0 aliphatic carbocycles. The highest BCUT2D eigenvalue weighted by atomic mass is 14.8. The number of nitrogens with zero attached hydrogens (tertiary/aromatic N) is 1. The molecule has 0 radical (unpaired) electrons. The molecule has 0 unspecified atom stereocenters. The molecule has 1 rings (SSSR count). The van der Waals surface area contributed by atoms with E-state index in [9.17, 15) is 0 Å². The van der Waals surface area contributed by atoms with Gasteiger partial charge >= 0.3 is 0 Å². The van der Waals surface area contributed by atoms with Crippen molar-refractivity contribution in [3.63, 3.8) is 0 Å². The van der Waals surface area contributed by atoms with Gasteiger partial charge < -0.3 is 0 Å². The lowest BCUT2D eigenvalue weighted by Gasteiger charge is -2.09. The van der Waals surface area contributed by atoms with Gasteiger partial charge in [0.15, 0.2) is 0 Å². The van der Waals surface area contributed by atoms with Crippen LogP contribution in [0, 0.1) is 0 Å². The van der Waals surface area contributed by atoms with Crippen molar-refractivity contribution >= 4 is 5.71 Å². The molecular weight excluding hydrogens is 242 g/mol. The fraction of sp³-hybridized carbons (Fsp3) is 0.316. The van der Waals surface area contributed by atoms with Crippen molar-refractivity contribution < 1.29 is 0 Å². The minimum absolute atomic E-state index is 0.516. The lowest BCUT2D eigenvalue weighted by molar-refractivity contribution is 0.866. The first-order valence-corrected chi connectivity index (χ1v) is 7.13. The molecule has 0 amide bonds. The van der Waals surface area contributed by atoms with Gasteiger partial charge in [0.2, 0.25) is 0 Å². The Kier molecular flexibility index (Phi) is 6.17. The molecule has 1 aromatic rings. The molecule has 0 saturated carbocycles. The summed E-state index contributed by atoms with van der Waals surface area (Å²) in [5.41, 5.74) is 5.34. The van der Waals surface area contributed by atoms with E-state index in [-0.39, 0.29) is 0 Å². The van der Waals surface area contributed by atoms with Gasteiger partial charge in [0.05, 0.1) is 11.4 Å². The smallest absolute Gasteiger partial charge is 0.0705 e. The van der Waals surface area contributed by atoms with Crippen LogP contribution in [0.3, 0.4) is 0 Å². The van der Waals surface area contributed by atoms with Crippen molar-refractivity contribution in [2.75, 3.05) is 0 Å². The van der Waals surface area contributed by atoms with Crippen LogP contribution in [-0.2, 0) is 0 Å². The Hall–Kier alpha value is -1.89. The second-order valence-electron chi connectivity index (χ2n) is 5.20. The fourth-order valence-electron chi connectivity index (χ4n) is 1.81. The molecule has 0 heterocycles. The summed E-state index contributed by atoms with van der Waals surface area (Å²) < 4.78 is 0. The molecule has 1 aromatic carbocycles. The lowest BCUT2D eigenvalue weighted by atomic mass is 9.98. The molecular formula is C19H25N. The van der Waals surface area contributed by atoms with Crippen LogP contribution < -0.4 is 0 Å². The summed E-state index contributed by atoms with van der Waals surface area (Å²) in [6, 6.07) is 8.56. The van der Waals surface area contributed by atoms with Gasteiger partial charge in [-0.2, -0.15) is 0 Å². The van der Waals surface area contributed by atoms with E-state index in [0.29, 0.717) is 5.92 Å². The van der Waals surface area contributed by atoms with Crippen molar-refractivity contribution in [1.29, 1.82) is 0 Å². The Morgan fingerprint density at radius 1 is 1.25 bits per heavy atom. The third-order valence-electron chi connectivity index (χ3n) is 3.32. The molecule has 0 aliphatic rings. The molecule has 1 heteroatoms. The molecule has 0 N–H and O–H groups in total. The number of benzene rings is 1. The highest BCUT2D eigenvalue weighted by Gasteiger charge is 2.05. The van der Waals surface area contributed by atoms with Crippen molar-refractivity contribution in [3.05, 3.63) is 71.5 Å². The average Bonchev–Trinajstić information content (AvgIpc) is 2.45. The predicted molar refractivity (Wildman–Crippen MR) is 90.5 cm³/mol. The number of hydrogen-bond acceptors (Lipinski definition) is 1. The Bertz CT molecular complexity index is 557. The molecule has 0 atom stereocenters. The summed E-state index contributed by atoms with van der Waals surface area (Å²) in [4.78, 5) is 4.67. The van der Waals surface area contributed by atoms with E-state index in [4.69, 9.17) is 0 Å². The van der Waals surface area contributed by atoms with Gasteiger partial charge in [0.1, 0.15) is 0 Å². The lowest BCUT2D eigenvalue weighted by Crippen LogP contribution is -2.00. The minimum atomic E-state index is 0.516. The number of aliphatic imine (C=N–C) groups is 1. The summed E-state index contributed by atoms with van der Waals surface area (Å²) in [6.45, 7) is 14.5. The van der Waals surface area contributed by atoms with Crippen molar-refractivity contribution in [2.24, 2.45) is 4.99 Å². The highest BCUT2D eigenvalue weighted by Crippen LogP contribution is 2.18. The summed E-state index contributed by atoms with van der Waals surface area (Å²) >= 11 is 0. The Labute approximate surface area is 123 Å². The van der Waals surface area contributed by atoms with Crippen molar-refractivity contribution in [1.82, 2.24) is 0 Å². The van der Waals surface area contributed by atoms with Crippen LogP contribution in [0.4, 0.5) is 0 Å². The van der Waals surface area contributed by atoms with Crippen LogP contribution in [0.15, 0.2) is 65.3 Å². The fourth-order valence-corrected chi connectivity index (χ4v) is 1.81. The van der Waals surface area contributed by atoms with E-state index >= 15 is 0 Å². The highest BCUT2D eigenvalue weighted by molar-refractivity contribution is 6.09. The number of rotatable bonds is 5. The van der Waals surface area contributed by atoms with E-state index in [0.717, 1.165) is 22.5 Å². The molecule has 0 fully saturated rings. The first-order valence-electron chi connectivity index (χ1n) is 7.13. The Balaban J connectivity index is 3.24. The standard InChI is InChI=1S/C19H25N/c1-7-10-19(20-16(6)15(5)8-2)18-12-9-11-17(13-18)14(3)4/h7-14H,6H2,1-5H3/b10-7-,15-8+,20-19?. The van der Waals surface area contributed by atoms with E-state index in [1.165, 1.54) is 5.56 Å². The molecule has 0 aliphatic heterocycles. The molecule has 0 saturated heterocycles. The van der Waals surface area contributed by atoms with Gasteiger partial charge in [-0.05, 0) is 50.0 Å². The normalized spacial score (nSPS) is 13.3. The maximum Gasteiger partial charge on any atom is 0.0705 e. The topological polar surface area (TPSA) is 12.4 Å². The maximum absolute atomic E-state index is 4.67. The zero-order chi connectivity index (χ0) is 15.1. The first-order chi connectivity index (χ1) is 9.49. The van der Waals surface area contributed by atoms with E-state index < -0.39 is 0 Å². The van der Waals surface area contributed by atoms with Crippen LogP contribution in [0.2, 0.25) is 0 Å². The summed E-state index contributed by atoms with van der Waals surface area (Å²) in [5, 5.41) is 0. The van der Waals surface area contributed by atoms with Crippen molar-refractivity contribution in [2.45, 2.75) is 40.5 Å². The van der Waals surface area contributed by atoms with Crippen LogP contribution in [0.5, 0.6) is 0 Å². The maximum atomic E-state index is 4.67. The van der Waals surface area contributed by atoms with Crippen LogP contribution in [-0.4, -0.2) is 5.71 Å². The zero-order valence-electron chi connectivity index (χ0n) is 13.3. The average molecular weight is 267 g/mol. The van der Waals surface area contributed by atoms with Crippen molar-refractivity contribution in [3.8, 4) is 0 Å². The van der Waals surface area contributed by atoms with Crippen LogP contribution in [0.1, 0.15) is 51.7 Å². The van der Waals surface area contributed by atoms with Gasteiger partial charge in [-0.3, -0.25) is 0 Å². The van der Waals surface area contributed by atoms with E-state index in [1.54, 1.807) is 0 Å². The number of hydrogen-bond donors (Lipinski definition) is 0. The van der Waals surface area contributed by atoms with Crippen LogP contribution in [0.25, 0.3) is 0 Å². The predicted octanol–water partition coefficient (Wildman–Crippen LogP) is 5.66. The van der Waals surface area contributed by atoms with Gasteiger partial charge in [0, 0.05) is 5.56 Å². The Morgan fingerprint density at radius 2 is 1.95 bits per heavy atom. The summed E-state index contributed by atoms with van der Waals surface area (Å²) in [6.07, 6.45) is 6.08. The second kappa shape index (κ2) is 7.64.